The first-order chi connectivity index (χ1) is 11.0. The van der Waals surface area contributed by atoms with Gasteiger partial charge >= 0.3 is 11.7 Å². The molecule has 2 rings (SSSR count). The molecule has 0 bridgehead atoms. The second-order valence-electron chi connectivity index (χ2n) is 5.54. The van der Waals surface area contributed by atoms with Crippen LogP contribution in [-0.4, -0.2) is 40.1 Å². The van der Waals surface area contributed by atoms with E-state index in [0.717, 1.165) is 16.8 Å². The minimum Gasteiger partial charge on any atom is -0.480 e. The summed E-state index contributed by atoms with van der Waals surface area (Å²) in [6, 6.07) is -0.286. The molecule has 0 aromatic carbocycles. The number of nitrogens with zero attached hydrogens (tertiary/aromatic N) is 2. The lowest BCUT2D eigenvalue weighted by Crippen LogP contribution is -2.44. The summed E-state index contributed by atoms with van der Waals surface area (Å²) in [6.07, 6.45) is 0.961. The van der Waals surface area contributed by atoms with Crippen molar-refractivity contribution >= 4 is 27.0 Å². The summed E-state index contributed by atoms with van der Waals surface area (Å²) in [6.45, 7) is 3.11. The van der Waals surface area contributed by atoms with E-state index in [0.29, 0.717) is 0 Å². The monoisotopic (exact) mass is 356 g/mol. The van der Waals surface area contributed by atoms with Crippen molar-refractivity contribution in [3.05, 3.63) is 33.1 Å². The number of H-pyrrole nitrogens is 1. The van der Waals surface area contributed by atoms with Crippen molar-refractivity contribution in [1.29, 1.82) is 0 Å². The van der Waals surface area contributed by atoms with Gasteiger partial charge in [0, 0.05) is 13.2 Å². The number of nitrogens with one attached hydrogen (secondary N) is 2. The highest BCUT2D eigenvalue weighted by Crippen LogP contribution is 2.14. The third-order valence-corrected chi connectivity index (χ3v) is 4.86. The van der Waals surface area contributed by atoms with Gasteiger partial charge in [0.05, 0.1) is 5.39 Å². The van der Waals surface area contributed by atoms with E-state index in [2.05, 4.69) is 9.71 Å². The Morgan fingerprint density at radius 1 is 1.38 bits per heavy atom. The molecule has 1 unspecified atom stereocenters. The molecule has 2 heterocycles. The molecule has 0 aliphatic heterocycles. The zero-order chi connectivity index (χ0) is 18.2. The molecule has 2 aromatic heterocycles. The lowest BCUT2D eigenvalue weighted by molar-refractivity contribution is -0.140. The van der Waals surface area contributed by atoms with Gasteiger partial charge < -0.3 is 5.11 Å². The summed E-state index contributed by atoms with van der Waals surface area (Å²) in [4.78, 5) is 40.0. The molecular formula is C13H16N4O6S. The molecule has 0 aliphatic rings. The summed E-state index contributed by atoms with van der Waals surface area (Å²) < 4.78 is 27.9. The van der Waals surface area contributed by atoms with Gasteiger partial charge in [-0.25, -0.2) is 18.2 Å². The predicted molar refractivity (Wildman–Crippen MR) is 84.2 cm³/mol. The molecule has 10 nitrogen and oxygen atoms in total. The molecule has 0 amide bonds. The van der Waals surface area contributed by atoms with Gasteiger partial charge in [0.25, 0.3) is 5.56 Å². The normalized spacial score (nSPS) is 13.3. The molecule has 24 heavy (non-hydrogen) atoms. The Morgan fingerprint density at radius 2 is 2.00 bits per heavy atom. The van der Waals surface area contributed by atoms with Crippen molar-refractivity contribution in [3.63, 3.8) is 0 Å². The smallest absolute Gasteiger partial charge is 0.329 e. The Bertz CT molecular complexity index is 1020. The molecule has 1 atom stereocenters. The quantitative estimate of drug-likeness (QED) is 0.622. The Labute approximate surface area is 136 Å². The largest absolute Gasteiger partial charge is 0.480 e. The van der Waals surface area contributed by atoms with Crippen molar-refractivity contribution < 1.29 is 18.3 Å². The standard InChI is InChI=1S/C13H16N4O6S/c1-6(2)9(12(19)20)16-24(22,23)7-4-8-10(14-5-7)17(3)13(21)15-11(8)18/h4-6,9,16H,1-3H3,(H,19,20)(H,15,18,21). The molecular weight excluding hydrogens is 340 g/mol. The third-order valence-electron chi connectivity index (χ3n) is 3.45. The van der Waals surface area contributed by atoms with Crippen molar-refractivity contribution in [2.24, 2.45) is 13.0 Å². The lowest BCUT2D eigenvalue weighted by Gasteiger charge is -2.18. The van der Waals surface area contributed by atoms with E-state index in [4.69, 9.17) is 5.11 Å². The zero-order valence-corrected chi connectivity index (χ0v) is 13.9. The van der Waals surface area contributed by atoms with Crippen molar-refractivity contribution in [3.8, 4) is 0 Å². The van der Waals surface area contributed by atoms with Crippen LogP contribution in [0.4, 0.5) is 0 Å². The Kier molecular flexibility index (Phi) is 4.58. The number of carboxylic acid groups (broad SMARTS) is 1. The van der Waals surface area contributed by atoms with Crippen LogP contribution in [0, 0.1) is 5.92 Å². The minimum absolute atomic E-state index is 0.0151. The van der Waals surface area contributed by atoms with Gasteiger partial charge in [0.1, 0.15) is 16.6 Å². The number of carboxylic acids is 1. The number of hydrogen-bond acceptors (Lipinski definition) is 6. The second kappa shape index (κ2) is 6.17. The molecule has 3 N–H and O–H groups in total. The first kappa shape index (κ1) is 17.8. The van der Waals surface area contributed by atoms with Gasteiger partial charge in [-0.05, 0) is 12.0 Å². The highest BCUT2D eigenvalue weighted by molar-refractivity contribution is 7.89. The number of aryl methyl sites for hydroxylation is 1. The van der Waals surface area contributed by atoms with E-state index >= 15 is 0 Å². The van der Waals surface area contributed by atoms with Crippen molar-refractivity contribution in [2.45, 2.75) is 24.8 Å². The first-order valence-electron chi connectivity index (χ1n) is 6.89. The molecule has 2 aromatic rings. The summed E-state index contributed by atoms with van der Waals surface area (Å²) >= 11 is 0. The zero-order valence-electron chi connectivity index (χ0n) is 13.1. The number of aromatic amines is 1. The van der Waals surface area contributed by atoms with E-state index in [-0.39, 0.29) is 15.9 Å². The van der Waals surface area contributed by atoms with E-state index in [1.165, 1.54) is 7.05 Å². The van der Waals surface area contributed by atoms with Crippen LogP contribution in [0.2, 0.25) is 0 Å². The number of carbonyl (C=O) groups is 1. The van der Waals surface area contributed by atoms with Crippen LogP contribution in [0.1, 0.15) is 13.8 Å². The average molecular weight is 356 g/mol. The Balaban J connectivity index is 2.58. The maximum absolute atomic E-state index is 12.4. The van der Waals surface area contributed by atoms with Crippen LogP contribution in [0.5, 0.6) is 0 Å². The molecule has 0 spiro atoms. The first-order valence-corrected chi connectivity index (χ1v) is 8.37. The van der Waals surface area contributed by atoms with Gasteiger partial charge in [0.2, 0.25) is 10.0 Å². The van der Waals surface area contributed by atoms with Gasteiger partial charge in [0.15, 0.2) is 0 Å². The van der Waals surface area contributed by atoms with Crippen LogP contribution < -0.4 is 16.0 Å². The molecule has 0 saturated carbocycles. The van der Waals surface area contributed by atoms with Crippen LogP contribution in [0.25, 0.3) is 11.0 Å². The predicted octanol–water partition coefficient (Wildman–Crippen LogP) is -0.991. The van der Waals surface area contributed by atoms with Crippen LogP contribution in [0.15, 0.2) is 26.7 Å². The topological polar surface area (TPSA) is 151 Å². The van der Waals surface area contributed by atoms with Gasteiger partial charge in [-0.15, -0.1) is 0 Å². The van der Waals surface area contributed by atoms with Crippen LogP contribution in [0.3, 0.4) is 0 Å². The minimum atomic E-state index is -4.21. The van der Waals surface area contributed by atoms with Crippen molar-refractivity contribution in [2.75, 3.05) is 0 Å². The third kappa shape index (κ3) is 3.21. The van der Waals surface area contributed by atoms with Gasteiger partial charge in [-0.1, -0.05) is 13.8 Å². The lowest BCUT2D eigenvalue weighted by atomic mass is 10.1. The van der Waals surface area contributed by atoms with Crippen molar-refractivity contribution in [1.82, 2.24) is 19.3 Å². The average Bonchev–Trinajstić information content (AvgIpc) is 2.49. The number of pyridine rings is 1. The van der Waals surface area contributed by atoms with E-state index in [1.54, 1.807) is 13.8 Å². The van der Waals surface area contributed by atoms with Gasteiger partial charge in [-0.2, -0.15) is 4.72 Å². The summed E-state index contributed by atoms with van der Waals surface area (Å²) in [5.74, 6) is -1.81. The Hall–Kier alpha value is -2.53. The molecule has 11 heteroatoms. The number of fused-ring (bicyclic) bond motifs is 1. The molecule has 0 radical (unpaired) electrons. The number of aliphatic carboxylic acids is 1. The Morgan fingerprint density at radius 3 is 2.54 bits per heavy atom. The highest BCUT2D eigenvalue weighted by Gasteiger charge is 2.28. The number of rotatable bonds is 5. The molecule has 0 aliphatic carbocycles. The highest BCUT2D eigenvalue weighted by atomic mass is 32.2. The SMILES string of the molecule is CC(C)C(NS(=O)(=O)c1cnc2c(c1)c(=O)[nH]c(=O)n2C)C(=O)O. The molecule has 130 valence electrons. The van der Waals surface area contributed by atoms with Crippen LogP contribution >= 0.6 is 0 Å². The van der Waals surface area contributed by atoms with E-state index in [9.17, 15) is 22.8 Å². The number of hydrogen-bond donors (Lipinski definition) is 3. The maximum Gasteiger partial charge on any atom is 0.329 e. The molecule has 0 fully saturated rings. The number of sulfonamides is 1. The summed E-state index contributed by atoms with van der Waals surface area (Å²) in [7, 11) is -2.84. The fraction of sp³-hybridized carbons (Fsp3) is 0.385. The van der Waals surface area contributed by atoms with E-state index in [1.807, 2.05) is 4.98 Å². The molecule has 0 saturated heterocycles. The second-order valence-corrected chi connectivity index (χ2v) is 7.26. The van der Waals surface area contributed by atoms with Crippen LogP contribution in [-0.2, 0) is 21.9 Å². The van der Waals surface area contributed by atoms with Gasteiger partial charge in [-0.3, -0.25) is 19.1 Å². The fourth-order valence-corrected chi connectivity index (χ4v) is 3.38. The number of aromatic nitrogens is 3. The fourth-order valence-electron chi connectivity index (χ4n) is 2.07. The summed E-state index contributed by atoms with van der Waals surface area (Å²) in [5, 5.41) is 9.00. The maximum atomic E-state index is 12.4. The van der Waals surface area contributed by atoms with E-state index < -0.39 is 39.2 Å². The summed E-state index contributed by atoms with van der Waals surface area (Å²) in [5.41, 5.74) is -1.45.